The van der Waals surface area contributed by atoms with Gasteiger partial charge in [-0.3, -0.25) is 9.59 Å². The topological polar surface area (TPSA) is 167 Å². The van der Waals surface area contributed by atoms with E-state index in [0.717, 1.165) is 66.5 Å². The summed E-state index contributed by atoms with van der Waals surface area (Å²) in [5, 5.41) is 8.35. The van der Waals surface area contributed by atoms with Crippen LogP contribution in [0, 0.1) is 0 Å². The SMILES string of the molecule is CN(C)C=O.CN(C)C=O.O=P([O-])([O-])c1ccc2c(-c3c(P(c4ccccc4)c4ccccc4)ccc4cc(P(=O)([O-])[O-])ccc34)c(P(c3ccccc3)c3ccccc3)ccc2c1.[Cl][Ru][Cl].[Zr+4]. The molecule has 0 spiro atoms. The Morgan fingerprint density at radius 3 is 0.926 bits per heavy atom. The number of rotatable bonds is 11. The molecule has 348 valence electrons. The third kappa shape index (κ3) is 15.2. The van der Waals surface area contributed by atoms with Crippen molar-refractivity contribution in [1.82, 2.24) is 9.80 Å². The van der Waals surface area contributed by atoms with Gasteiger partial charge in [0.25, 0.3) is 0 Å². The smallest absolute Gasteiger partial charge is 4.00 e. The summed E-state index contributed by atoms with van der Waals surface area (Å²) in [7, 11) is 3.84. The maximum Gasteiger partial charge on any atom is 4.00 e. The molecule has 68 heavy (non-hydrogen) atoms. The molecule has 0 bridgehead atoms. The first-order chi connectivity index (χ1) is 32.0. The van der Waals surface area contributed by atoms with Gasteiger partial charge in [-0.25, -0.2) is 0 Å². The number of hydrogen-bond acceptors (Lipinski definition) is 8. The Morgan fingerprint density at radius 1 is 0.456 bits per heavy atom. The van der Waals surface area contributed by atoms with Crippen molar-refractivity contribution in [3.05, 3.63) is 182 Å². The Kier molecular flexibility index (Phi) is 22.8. The van der Waals surface area contributed by atoms with E-state index in [1.807, 2.05) is 97.1 Å². The zero-order valence-corrected chi connectivity index (χ0v) is 46.3. The van der Waals surface area contributed by atoms with Crippen LogP contribution in [-0.4, -0.2) is 50.8 Å². The molecule has 8 aromatic rings. The fourth-order valence-electron chi connectivity index (χ4n) is 7.01. The van der Waals surface area contributed by atoms with Gasteiger partial charge in [-0.05, 0) is 118 Å². The predicted molar refractivity (Wildman–Crippen MR) is 270 cm³/mol. The Hall–Kier alpha value is -3.53. The third-order valence-electron chi connectivity index (χ3n) is 9.81. The molecule has 8 aromatic carbocycles. The maximum absolute atomic E-state index is 12.3. The van der Waals surface area contributed by atoms with E-state index in [2.05, 4.69) is 48.5 Å². The van der Waals surface area contributed by atoms with Gasteiger partial charge in [0, 0.05) is 28.2 Å². The Labute approximate surface area is 434 Å². The monoisotopic (exact) mass is 1190 g/mol. The summed E-state index contributed by atoms with van der Waals surface area (Å²) in [5.74, 6) is 0. The van der Waals surface area contributed by atoms with Gasteiger partial charge < -0.3 is 38.5 Å². The quantitative estimate of drug-likeness (QED) is 0.0988. The minimum atomic E-state index is -5.08. The van der Waals surface area contributed by atoms with Crippen molar-refractivity contribution >= 4 is 127 Å². The van der Waals surface area contributed by atoms with E-state index in [9.17, 15) is 38.3 Å². The number of hydrogen-bond donors (Lipinski definition) is 0. The van der Waals surface area contributed by atoms with Crippen LogP contribution in [0.4, 0.5) is 0 Å². The normalized spacial score (nSPS) is 11.0. The van der Waals surface area contributed by atoms with E-state index < -0.39 is 31.0 Å². The largest absolute Gasteiger partial charge is 4.00 e. The van der Waals surface area contributed by atoms with E-state index in [4.69, 9.17) is 19.4 Å². The number of fused-ring (bicyclic) bond motifs is 2. The maximum atomic E-state index is 12.3. The van der Waals surface area contributed by atoms with Crippen molar-refractivity contribution in [3.63, 3.8) is 0 Å². The number of carbonyl (C=O) groups is 2. The van der Waals surface area contributed by atoms with Crippen molar-refractivity contribution in [2.24, 2.45) is 0 Å². The summed E-state index contributed by atoms with van der Waals surface area (Å²) in [6.45, 7) is 0. The second kappa shape index (κ2) is 27.2. The molecule has 0 aromatic heterocycles. The van der Waals surface area contributed by atoms with Crippen LogP contribution in [0.3, 0.4) is 0 Å². The average molecular weight is 1190 g/mol. The molecule has 18 heteroatoms. The Bertz CT molecular complexity index is 2710. The molecule has 0 aliphatic heterocycles. The molecule has 0 aliphatic rings. The first-order valence-electron chi connectivity index (χ1n) is 20.1. The first kappa shape index (κ1) is 57.0. The zero-order chi connectivity index (χ0) is 48.7. The van der Waals surface area contributed by atoms with E-state index in [-0.39, 0.29) is 52.0 Å². The number of carbonyl (C=O) groups excluding carboxylic acids is 2. The van der Waals surface area contributed by atoms with E-state index >= 15 is 0 Å². The molecule has 10 nitrogen and oxygen atoms in total. The summed E-state index contributed by atoms with van der Waals surface area (Å²) in [6, 6.07) is 57.7. The fourth-order valence-corrected chi connectivity index (χ4v) is 13.1. The van der Waals surface area contributed by atoms with Gasteiger partial charge in [-0.2, -0.15) is 0 Å². The number of amides is 2. The second-order valence-electron chi connectivity index (χ2n) is 14.9. The van der Waals surface area contributed by atoms with Crippen molar-refractivity contribution in [1.29, 1.82) is 0 Å². The molecule has 0 N–H and O–H groups in total. The Balaban J connectivity index is 0.000000641. The molecule has 0 atom stereocenters. The summed E-state index contributed by atoms with van der Waals surface area (Å²) < 4.78 is 24.7. The van der Waals surface area contributed by atoms with Crippen molar-refractivity contribution < 1.29 is 79.6 Å². The fraction of sp³-hybridized carbons (Fsp3) is 0.0800. The molecule has 0 saturated carbocycles. The van der Waals surface area contributed by atoms with Crippen LogP contribution >= 0.6 is 50.4 Å². The van der Waals surface area contributed by atoms with E-state index in [1.54, 1.807) is 40.3 Å². The van der Waals surface area contributed by atoms with Gasteiger partial charge in [0.05, 0.1) is 0 Å². The van der Waals surface area contributed by atoms with Crippen molar-refractivity contribution in [2.75, 3.05) is 28.2 Å². The molecule has 0 aliphatic carbocycles. The van der Waals surface area contributed by atoms with Crippen LogP contribution in [0.15, 0.2) is 182 Å². The molecule has 0 radical (unpaired) electrons. The Morgan fingerprint density at radius 2 is 0.706 bits per heavy atom. The molecular formula is C50H44Cl2N2O8P4RuZr. The molecule has 0 saturated heterocycles. The van der Waals surface area contributed by atoms with Crippen LogP contribution in [0.5, 0.6) is 0 Å². The summed E-state index contributed by atoms with van der Waals surface area (Å²) >= 11 is -0.346. The van der Waals surface area contributed by atoms with E-state index in [0.29, 0.717) is 10.8 Å². The number of benzene rings is 8. The van der Waals surface area contributed by atoms with Crippen molar-refractivity contribution in [3.8, 4) is 11.1 Å². The molecule has 2 amide bonds. The van der Waals surface area contributed by atoms with Crippen LogP contribution in [0.25, 0.3) is 32.7 Å². The number of halogens is 2. The molecule has 0 unspecified atom stereocenters. The van der Waals surface area contributed by atoms with Crippen LogP contribution in [0.2, 0.25) is 0 Å². The molecular weight excluding hydrogens is 1140 g/mol. The molecule has 8 rings (SSSR count). The summed E-state index contributed by atoms with van der Waals surface area (Å²) in [4.78, 5) is 71.1. The van der Waals surface area contributed by atoms with Gasteiger partial charge in [0.15, 0.2) is 0 Å². The molecule has 0 heterocycles. The standard InChI is InChI=1S/C44H34O6P4.2C3H7NO.2ClH.Ru.Zr/c45-53(46,47)37-23-25-39-31(29-37)21-27-41(51(33-13-5-1-6-14-33)34-15-7-2-8-16-34)43(39)44-40-26-24-38(54(48,49)50)30-32(40)22-28-42(44)52(35-17-9-3-10-18-35)36-19-11-4-12-20-36;2*1-4(2)3-5;;;;/h1-30H,(H2,45,46,47)(H2,48,49,50);2*3H,1-2H3;2*1H;;/q;;;;;+2;+4/p-6. The van der Waals surface area contributed by atoms with Crippen LogP contribution in [0.1, 0.15) is 0 Å². The van der Waals surface area contributed by atoms with E-state index in [1.165, 1.54) is 34.1 Å². The second-order valence-corrected chi connectivity index (χ2v) is 25.0. The first-order valence-corrected chi connectivity index (χ1v) is 30.4. The van der Waals surface area contributed by atoms with Crippen LogP contribution in [-0.2, 0) is 60.1 Å². The van der Waals surface area contributed by atoms with Crippen LogP contribution < -0.4 is 62.0 Å². The van der Waals surface area contributed by atoms with Gasteiger partial charge in [-0.15, -0.1) is 0 Å². The van der Waals surface area contributed by atoms with Gasteiger partial charge in [-0.1, -0.05) is 170 Å². The zero-order valence-electron chi connectivity index (χ0n) is 37.0. The van der Waals surface area contributed by atoms with Gasteiger partial charge in [0.2, 0.25) is 12.8 Å². The average Bonchev–Trinajstić information content (AvgIpc) is 3.33. The van der Waals surface area contributed by atoms with Crippen molar-refractivity contribution in [2.45, 2.75) is 0 Å². The minimum Gasteiger partial charge on any atom is 4.00 e. The summed E-state index contributed by atoms with van der Waals surface area (Å²) in [6.07, 6.45) is 1.50. The predicted octanol–water partition coefficient (Wildman–Crippen LogP) is 5.04. The van der Waals surface area contributed by atoms with Gasteiger partial charge in [0.1, 0.15) is 0 Å². The number of nitrogens with zero attached hydrogens (tertiary/aromatic N) is 2. The minimum absolute atomic E-state index is 0. The molecule has 0 fully saturated rings. The third-order valence-corrected chi connectivity index (χ3v) is 16.6. The van der Waals surface area contributed by atoms with Gasteiger partial charge >= 0.3 is 60.7 Å². The summed E-state index contributed by atoms with van der Waals surface area (Å²) in [5.41, 5.74) is 1.68.